The molecule has 4 nitrogen and oxygen atoms in total. The first-order valence-electron chi connectivity index (χ1n) is 5.84. The average molecular weight is 244 g/mol. The monoisotopic (exact) mass is 244 g/mol. The molecule has 0 radical (unpaired) electrons. The van der Waals surface area contributed by atoms with E-state index >= 15 is 0 Å². The number of rotatable bonds is 0. The Morgan fingerprint density at radius 1 is 1.22 bits per heavy atom. The summed E-state index contributed by atoms with van der Waals surface area (Å²) in [4.78, 5) is 12.1. The summed E-state index contributed by atoms with van der Waals surface area (Å²) >= 11 is 0. The first kappa shape index (κ1) is 11.2. The third kappa shape index (κ3) is 1.18. The van der Waals surface area contributed by atoms with Gasteiger partial charge < -0.3 is 10.2 Å². The highest BCUT2D eigenvalue weighted by Gasteiger charge is 2.54. The van der Waals surface area contributed by atoms with Crippen molar-refractivity contribution in [3.8, 4) is 5.75 Å². The van der Waals surface area contributed by atoms with Crippen molar-refractivity contribution in [2.45, 2.75) is 25.5 Å². The highest BCUT2D eigenvalue weighted by molar-refractivity contribution is 5.97. The standard InChI is InChI=1S/C14H13NO3/c1-14(2)10-7-11(16)8-5-3-4-6-9(8)12(10)15(18)13(14)17/h3-7,13,17H,1-2H3/p+1. The Labute approximate surface area is 104 Å². The van der Waals surface area contributed by atoms with Crippen molar-refractivity contribution in [2.75, 3.05) is 0 Å². The second kappa shape index (κ2) is 3.29. The number of benzene rings is 2. The molecule has 0 saturated heterocycles. The van der Waals surface area contributed by atoms with Gasteiger partial charge in [-0.25, -0.2) is 0 Å². The summed E-state index contributed by atoms with van der Waals surface area (Å²) in [6.07, 6.45) is -1.13. The summed E-state index contributed by atoms with van der Waals surface area (Å²) in [5.41, 5.74) is 0.445. The van der Waals surface area contributed by atoms with E-state index in [1.54, 1.807) is 38.1 Å². The van der Waals surface area contributed by atoms with E-state index in [1.807, 2.05) is 6.07 Å². The zero-order chi connectivity index (χ0) is 13.1. The molecule has 92 valence electrons. The Bertz CT molecular complexity index is 676. The van der Waals surface area contributed by atoms with E-state index in [2.05, 4.69) is 0 Å². The largest absolute Gasteiger partial charge is 0.507 e. The number of hydrogen-bond donors (Lipinski definition) is 2. The van der Waals surface area contributed by atoms with Crippen LogP contribution in [-0.4, -0.2) is 21.2 Å². The predicted molar refractivity (Wildman–Crippen MR) is 67.9 cm³/mol. The number of nitroso groups, excluding NO2 is 1. The molecular formula is C14H14NO3+. The van der Waals surface area contributed by atoms with Gasteiger partial charge in [-0.15, -0.1) is 0 Å². The van der Waals surface area contributed by atoms with Gasteiger partial charge in [0.05, 0.1) is 15.6 Å². The smallest absolute Gasteiger partial charge is 0.318 e. The van der Waals surface area contributed by atoms with E-state index in [-0.39, 0.29) is 5.75 Å². The van der Waals surface area contributed by atoms with Crippen LogP contribution in [0, 0.1) is 4.91 Å². The van der Waals surface area contributed by atoms with Crippen LogP contribution >= 0.6 is 0 Å². The first-order valence-corrected chi connectivity index (χ1v) is 5.84. The summed E-state index contributed by atoms with van der Waals surface area (Å²) < 4.78 is 0.636. The van der Waals surface area contributed by atoms with Gasteiger partial charge in [-0.2, -0.15) is 0 Å². The van der Waals surface area contributed by atoms with E-state index < -0.39 is 11.6 Å². The quantitative estimate of drug-likeness (QED) is 0.700. The minimum Gasteiger partial charge on any atom is -0.507 e. The van der Waals surface area contributed by atoms with Gasteiger partial charge in [0, 0.05) is 15.9 Å². The molecule has 0 aromatic heterocycles. The summed E-state index contributed by atoms with van der Waals surface area (Å²) in [6, 6.07) is 8.75. The van der Waals surface area contributed by atoms with Crippen LogP contribution in [0.4, 0.5) is 5.69 Å². The van der Waals surface area contributed by atoms with E-state index in [4.69, 9.17) is 0 Å². The fraction of sp³-hybridized carbons (Fsp3) is 0.286. The average Bonchev–Trinajstić information content (AvgIpc) is 2.52. The van der Waals surface area contributed by atoms with Crippen LogP contribution < -0.4 is 0 Å². The molecule has 0 spiro atoms. The fourth-order valence-electron chi connectivity index (χ4n) is 2.62. The van der Waals surface area contributed by atoms with E-state index in [0.29, 0.717) is 26.8 Å². The molecule has 4 heteroatoms. The molecule has 18 heavy (non-hydrogen) atoms. The zero-order valence-corrected chi connectivity index (χ0v) is 10.2. The molecule has 1 heterocycles. The summed E-state index contributed by atoms with van der Waals surface area (Å²) in [7, 11) is 0. The summed E-state index contributed by atoms with van der Waals surface area (Å²) in [5, 5.41) is 21.4. The van der Waals surface area contributed by atoms with Crippen LogP contribution in [0.25, 0.3) is 10.8 Å². The van der Waals surface area contributed by atoms with Gasteiger partial charge in [0.15, 0.2) is 0 Å². The number of aliphatic hydroxyl groups excluding tert-OH is 1. The van der Waals surface area contributed by atoms with Gasteiger partial charge in [-0.3, -0.25) is 0 Å². The minimum absolute atomic E-state index is 0.139. The summed E-state index contributed by atoms with van der Waals surface area (Å²) in [6.45, 7) is 3.59. The number of fused-ring (bicyclic) bond motifs is 3. The van der Waals surface area contributed by atoms with Crippen molar-refractivity contribution in [1.29, 1.82) is 0 Å². The Hall–Kier alpha value is -1.94. The molecule has 1 aliphatic heterocycles. The maximum Gasteiger partial charge on any atom is 0.318 e. The van der Waals surface area contributed by atoms with Crippen molar-refractivity contribution >= 4 is 16.5 Å². The Morgan fingerprint density at radius 3 is 2.50 bits per heavy atom. The number of phenols is 1. The number of aliphatic hydroxyl groups is 1. The summed E-state index contributed by atoms with van der Waals surface area (Å²) in [5.74, 6) is 0.139. The Kier molecular flexibility index (Phi) is 2.04. The van der Waals surface area contributed by atoms with E-state index in [9.17, 15) is 15.1 Å². The predicted octanol–water partition coefficient (Wildman–Crippen LogP) is 2.57. The molecule has 0 bridgehead atoms. The van der Waals surface area contributed by atoms with Gasteiger partial charge in [0.25, 0.3) is 5.69 Å². The Balaban J connectivity index is 2.49. The van der Waals surface area contributed by atoms with E-state index in [1.165, 1.54) is 0 Å². The molecule has 0 aliphatic carbocycles. The highest BCUT2D eigenvalue weighted by Crippen LogP contribution is 2.48. The highest BCUT2D eigenvalue weighted by atomic mass is 16.4. The van der Waals surface area contributed by atoms with Gasteiger partial charge in [0.2, 0.25) is 0 Å². The molecule has 1 aliphatic rings. The molecule has 3 rings (SSSR count). The topological polar surface area (TPSA) is 60.5 Å². The van der Waals surface area contributed by atoms with Crippen LogP contribution in [-0.2, 0) is 5.41 Å². The number of phenolic OH excluding ortho intramolecular Hbond substituents is 1. The normalized spacial score (nSPS) is 21.3. The molecule has 0 fully saturated rings. The lowest BCUT2D eigenvalue weighted by Crippen LogP contribution is -2.32. The molecule has 2 N–H and O–H groups in total. The molecule has 2 aromatic carbocycles. The van der Waals surface area contributed by atoms with Crippen LogP contribution in [0.5, 0.6) is 5.75 Å². The van der Waals surface area contributed by atoms with E-state index in [0.717, 1.165) is 0 Å². The van der Waals surface area contributed by atoms with Crippen LogP contribution in [0.1, 0.15) is 19.4 Å². The van der Waals surface area contributed by atoms with Crippen LogP contribution in [0.2, 0.25) is 0 Å². The molecule has 0 amide bonds. The molecule has 0 saturated carbocycles. The molecule has 1 atom stereocenters. The van der Waals surface area contributed by atoms with Crippen molar-refractivity contribution in [1.82, 2.24) is 0 Å². The second-order valence-electron chi connectivity index (χ2n) is 5.26. The van der Waals surface area contributed by atoms with Gasteiger partial charge in [-0.1, -0.05) is 18.2 Å². The van der Waals surface area contributed by atoms with Crippen molar-refractivity contribution in [3.63, 3.8) is 0 Å². The third-order valence-corrected chi connectivity index (χ3v) is 3.78. The van der Waals surface area contributed by atoms with Gasteiger partial charge in [0.1, 0.15) is 5.75 Å². The molecular weight excluding hydrogens is 230 g/mol. The van der Waals surface area contributed by atoms with Crippen LogP contribution in [0.15, 0.2) is 30.3 Å². The Morgan fingerprint density at radius 2 is 1.83 bits per heavy atom. The maximum atomic E-state index is 12.1. The zero-order valence-electron chi connectivity index (χ0n) is 10.2. The van der Waals surface area contributed by atoms with Gasteiger partial charge >= 0.3 is 6.23 Å². The van der Waals surface area contributed by atoms with Crippen molar-refractivity contribution in [2.24, 2.45) is 0 Å². The second-order valence-corrected chi connectivity index (χ2v) is 5.26. The lowest BCUT2D eigenvalue weighted by atomic mass is 9.84. The molecule has 2 aromatic rings. The first-order chi connectivity index (χ1) is 8.44. The van der Waals surface area contributed by atoms with Gasteiger partial charge in [-0.05, 0) is 26.0 Å². The number of hydrogen-bond acceptors (Lipinski definition) is 3. The SMILES string of the molecule is CC1(C)c2cc(O)c3ccccc3c2[N+](=O)C1O. The van der Waals surface area contributed by atoms with Crippen molar-refractivity contribution in [3.05, 3.63) is 40.8 Å². The van der Waals surface area contributed by atoms with Crippen molar-refractivity contribution < 1.29 is 15.0 Å². The molecule has 1 unspecified atom stereocenters. The van der Waals surface area contributed by atoms with Crippen LogP contribution in [0.3, 0.4) is 0 Å². The lowest BCUT2D eigenvalue weighted by Gasteiger charge is -2.15. The number of aromatic hydroxyl groups is 1. The minimum atomic E-state index is -1.13. The lowest BCUT2D eigenvalue weighted by molar-refractivity contribution is -0.554. The third-order valence-electron chi connectivity index (χ3n) is 3.78. The number of nitrogens with zero attached hydrogens (tertiary/aromatic N) is 1. The fourth-order valence-corrected chi connectivity index (χ4v) is 2.62. The maximum absolute atomic E-state index is 12.1.